The van der Waals surface area contributed by atoms with Crippen molar-refractivity contribution in [3.05, 3.63) is 30.7 Å². The SMILES string of the molecule is C[N+]1(NC2CC2)CCC23c4c5ccc(O)c4OC2C(=O)CCC3(O)C1C5.[CH3-]. The number of quaternary nitrogens is 1. The summed E-state index contributed by atoms with van der Waals surface area (Å²) in [6.45, 7) is 0.852. The minimum atomic E-state index is -0.994. The molecule has 5 unspecified atom stereocenters. The number of hydrogen-bond donors (Lipinski definition) is 3. The lowest BCUT2D eigenvalue weighted by Crippen LogP contribution is -2.83. The van der Waals surface area contributed by atoms with Gasteiger partial charge in [0.05, 0.1) is 25.0 Å². The zero-order valence-electron chi connectivity index (χ0n) is 16.0. The Morgan fingerprint density at radius 1 is 1.30 bits per heavy atom. The van der Waals surface area contributed by atoms with E-state index in [-0.39, 0.29) is 25.0 Å². The third kappa shape index (κ3) is 1.84. The normalized spacial score (nSPS) is 43.6. The monoisotopic (exact) mass is 372 g/mol. The minimum absolute atomic E-state index is 0. The van der Waals surface area contributed by atoms with Crippen LogP contribution in [0.3, 0.4) is 0 Å². The smallest absolute Gasteiger partial charge is 0.174 e. The predicted octanol–water partition coefficient (Wildman–Crippen LogP) is 1.38. The summed E-state index contributed by atoms with van der Waals surface area (Å²) in [7, 11) is 2.20. The first-order valence-electron chi connectivity index (χ1n) is 9.79. The van der Waals surface area contributed by atoms with Crippen LogP contribution in [0.2, 0.25) is 0 Å². The van der Waals surface area contributed by atoms with Crippen molar-refractivity contribution in [2.24, 2.45) is 0 Å². The second kappa shape index (κ2) is 5.04. The average Bonchev–Trinajstić information content (AvgIpc) is 3.32. The number of benzene rings is 1. The third-order valence-electron chi connectivity index (χ3n) is 7.85. The molecule has 1 aromatic rings. The second-order valence-electron chi connectivity index (χ2n) is 9.17. The number of likely N-dealkylation sites (tertiary alicyclic amines) is 1. The number of Topliss-reactive ketones (excluding diaryl/α,β-unsaturated/α-hetero) is 1. The van der Waals surface area contributed by atoms with Gasteiger partial charge in [-0.15, -0.1) is 0 Å². The van der Waals surface area contributed by atoms with Crippen LogP contribution in [-0.4, -0.2) is 58.0 Å². The lowest BCUT2D eigenvalue weighted by atomic mass is 9.49. The maximum Gasteiger partial charge on any atom is 0.174 e. The molecule has 1 saturated heterocycles. The molecule has 0 radical (unpaired) electrons. The van der Waals surface area contributed by atoms with E-state index >= 15 is 0 Å². The standard InChI is InChI=1S/C20H24N2O4.CH3/c1-22(21-12-3-4-12)9-8-19-16-11-2-5-13(23)17(16)26-18(19)14(24)6-7-20(19,25)15(22)10-11;/h2,5,12,15,18,21,25H,3-4,6-10H2,1H3;1H3/q;-1/p+1. The molecule has 5 atom stereocenters. The molecule has 3 aliphatic carbocycles. The first-order valence-corrected chi connectivity index (χ1v) is 9.79. The highest BCUT2D eigenvalue weighted by atomic mass is 16.5. The van der Waals surface area contributed by atoms with Crippen molar-refractivity contribution < 1.29 is 24.3 Å². The van der Waals surface area contributed by atoms with E-state index in [0.29, 0.717) is 35.6 Å². The van der Waals surface area contributed by atoms with Gasteiger partial charge in [0, 0.05) is 24.8 Å². The second-order valence-corrected chi connectivity index (χ2v) is 9.17. The molecule has 146 valence electrons. The molecular formula is C21H28N2O4. The molecular weight excluding hydrogens is 344 g/mol. The van der Waals surface area contributed by atoms with E-state index in [1.165, 1.54) is 12.8 Å². The average molecular weight is 372 g/mol. The Morgan fingerprint density at radius 3 is 2.81 bits per heavy atom. The lowest BCUT2D eigenvalue weighted by molar-refractivity contribution is -0.989. The van der Waals surface area contributed by atoms with Crippen LogP contribution in [0.15, 0.2) is 12.1 Å². The van der Waals surface area contributed by atoms with E-state index < -0.39 is 17.1 Å². The van der Waals surface area contributed by atoms with Crippen LogP contribution in [0.5, 0.6) is 11.5 Å². The number of piperidine rings is 1. The van der Waals surface area contributed by atoms with Crippen molar-refractivity contribution in [3.8, 4) is 11.5 Å². The van der Waals surface area contributed by atoms with Gasteiger partial charge in [0.1, 0.15) is 11.6 Å². The van der Waals surface area contributed by atoms with Gasteiger partial charge in [-0.2, -0.15) is 5.43 Å². The van der Waals surface area contributed by atoms with Crippen LogP contribution in [0.4, 0.5) is 0 Å². The van der Waals surface area contributed by atoms with E-state index in [1.54, 1.807) is 6.07 Å². The molecule has 1 aromatic carbocycles. The Hall–Kier alpha value is -1.63. The van der Waals surface area contributed by atoms with Crippen molar-refractivity contribution in [2.75, 3.05) is 13.6 Å². The number of ether oxygens (including phenoxy) is 1. The van der Waals surface area contributed by atoms with Crippen LogP contribution in [-0.2, 0) is 16.6 Å². The summed E-state index contributed by atoms with van der Waals surface area (Å²) >= 11 is 0. The fraction of sp³-hybridized carbons (Fsp3) is 0.619. The Morgan fingerprint density at radius 2 is 2.07 bits per heavy atom. The van der Waals surface area contributed by atoms with Crippen LogP contribution >= 0.6 is 0 Å². The summed E-state index contributed by atoms with van der Waals surface area (Å²) in [6.07, 6.45) is 3.97. The first-order chi connectivity index (χ1) is 12.4. The van der Waals surface area contributed by atoms with Gasteiger partial charge < -0.3 is 22.4 Å². The van der Waals surface area contributed by atoms with Gasteiger partial charge in [0.25, 0.3) is 0 Å². The number of likely N-dealkylation sites (N-methyl/N-ethyl adjacent to an activating group) is 1. The van der Waals surface area contributed by atoms with E-state index in [4.69, 9.17) is 4.74 Å². The fourth-order valence-electron chi connectivity index (χ4n) is 6.53. The molecule has 6 heteroatoms. The molecule has 2 bridgehead atoms. The minimum Gasteiger partial charge on any atom is -0.504 e. The van der Waals surface area contributed by atoms with E-state index in [0.717, 1.165) is 24.1 Å². The molecule has 27 heavy (non-hydrogen) atoms. The predicted molar refractivity (Wildman–Crippen MR) is 99.1 cm³/mol. The Labute approximate surface area is 159 Å². The van der Waals surface area contributed by atoms with Gasteiger partial charge in [-0.3, -0.25) is 4.79 Å². The van der Waals surface area contributed by atoms with Crippen LogP contribution in [0.1, 0.15) is 43.2 Å². The summed E-state index contributed by atoms with van der Waals surface area (Å²) in [6, 6.07) is 4.15. The number of rotatable bonds is 2. The Bertz CT molecular complexity index is 853. The van der Waals surface area contributed by atoms with Crippen molar-refractivity contribution in [3.63, 3.8) is 0 Å². The van der Waals surface area contributed by atoms with Crippen LogP contribution < -0.4 is 10.2 Å². The molecule has 6 nitrogen and oxygen atoms in total. The lowest BCUT2D eigenvalue weighted by Gasteiger charge is -2.63. The first kappa shape index (κ1) is 17.5. The summed E-state index contributed by atoms with van der Waals surface area (Å²) in [5, 5.41) is 22.5. The Balaban J connectivity index is 0.00000160. The van der Waals surface area contributed by atoms with Gasteiger partial charge in [0.2, 0.25) is 0 Å². The molecule has 3 N–H and O–H groups in total. The number of aromatic hydroxyl groups is 1. The van der Waals surface area contributed by atoms with Crippen molar-refractivity contribution in [1.82, 2.24) is 5.43 Å². The van der Waals surface area contributed by atoms with Crippen LogP contribution in [0.25, 0.3) is 0 Å². The maximum absolute atomic E-state index is 12.8. The number of ketones is 1. The molecule has 0 aromatic heterocycles. The Kier molecular flexibility index (Phi) is 3.26. The highest BCUT2D eigenvalue weighted by Crippen LogP contribution is 2.65. The van der Waals surface area contributed by atoms with Crippen LogP contribution in [0, 0.1) is 7.43 Å². The van der Waals surface area contributed by atoms with Gasteiger partial charge in [-0.05, 0) is 30.9 Å². The summed E-state index contributed by atoms with van der Waals surface area (Å²) in [4.78, 5) is 12.8. The van der Waals surface area contributed by atoms with E-state index in [1.807, 2.05) is 6.07 Å². The number of carbonyl (C=O) groups excluding carboxylic acids is 1. The van der Waals surface area contributed by atoms with Gasteiger partial charge in [-0.25, -0.2) is 4.59 Å². The van der Waals surface area contributed by atoms with Crippen molar-refractivity contribution in [2.45, 2.75) is 67.7 Å². The number of hydrogen-bond acceptors (Lipinski definition) is 5. The number of nitrogens with zero attached hydrogens (tertiary/aromatic N) is 1. The molecule has 2 saturated carbocycles. The van der Waals surface area contributed by atoms with E-state index in [2.05, 4.69) is 12.5 Å². The highest BCUT2D eigenvalue weighted by Gasteiger charge is 2.76. The fourth-order valence-corrected chi connectivity index (χ4v) is 6.53. The molecule has 1 spiro atoms. The molecule has 2 aliphatic heterocycles. The summed E-state index contributed by atoms with van der Waals surface area (Å²) in [5.41, 5.74) is 4.09. The van der Waals surface area contributed by atoms with Gasteiger partial charge in [0.15, 0.2) is 23.4 Å². The third-order valence-corrected chi connectivity index (χ3v) is 7.85. The number of nitrogens with one attached hydrogen (secondary N) is 1. The number of phenols is 1. The molecule has 0 amide bonds. The van der Waals surface area contributed by atoms with Gasteiger partial charge in [-0.1, -0.05) is 6.07 Å². The molecule has 2 heterocycles. The number of phenolic OH excluding ortho intramolecular Hbond substituents is 1. The summed E-state index contributed by atoms with van der Waals surface area (Å²) < 4.78 is 6.71. The van der Waals surface area contributed by atoms with Crippen molar-refractivity contribution in [1.29, 1.82) is 0 Å². The highest BCUT2D eigenvalue weighted by molar-refractivity contribution is 5.89. The largest absolute Gasteiger partial charge is 0.504 e. The van der Waals surface area contributed by atoms with Crippen molar-refractivity contribution >= 4 is 5.78 Å². The molecule has 6 rings (SSSR count). The quantitative estimate of drug-likeness (QED) is 0.540. The summed E-state index contributed by atoms with van der Waals surface area (Å²) in [5.74, 6) is 0.578. The zero-order chi connectivity index (χ0) is 17.9. The molecule has 3 fully saturated rings. The number of carbonyl (C=O) groups is 1. The van der Waals surface area contributed by atoms with E-state index in [9.17, 15) is 15.0 Å². The van der Waals surface area contributed by atoms with Gasteiger partial charge >= 0.3 is 0 Å². The molecule has 5 aliphatic rings. The maximum atomic E-state index is 12.8. The number of aliphatic hydroxyl groups is 1. The zero-order valence-corrected chi connectivity index (χ0v) is 16.0. The topological polar surface area (TPSA) is 78.8 Å².